The third-order valence-corrected chi connectivity index (χ3v) is 10.2. The second-order valence-corrected chi connectivity index (χ2v) is 14.2. The number of aromatic nitrogens is 4. The van der Waals surface area contributed by atoms with Gasteiger partial charge in [-0.05, 0) is 97.0 Å². The second-order valence-electron chi connectivity index (χ2n) is 14.2. The molecule has 272 valence electrons. The molecule has 0 unspecified atom stereocenters. The van der Waals surface area contributed by atoms with Crippen LogP contribution in [0, 0.1) is 32.9 Å². The Hall–Kier alpha value is -5.97. The van der Waals surface area contributed by atoms with Crippen LogP contribution in [0.2, 0.25) is 0 Å². The van der Waals surface area contributed by atoms with Crippen LogP contribution in [0.15, 0.2) is 146 Å². The molecule has 1 aliphatic heterocycles. The Labute approximate surface area is 337 Å². The van der Waals surface area contributed by atoms with Crippen LogP contribution in [0.4, 0.5) is 34.6 Å². The van der Waals surface area contributed by atoms with Gasteiger partial charge in [0.1, 0.15) is 0 Å². The van der Waals surface area contributed by atoms with Gasteiger partial charge in [-0.1, -0.05) is 86.6 Å². The van der Waals surface area contributed by atoms with E-state index in [1.807, 2.05) is 12.1 Å². The Bertz CT molecular complexity index is 2620. The first kappa shape index (κ1) is 36.0. The molecular formula is C48H40N6Pt. The average Bonchev–Trinajstić information content (AvgIpc) is 3.81. The normalized spacial score (nSPS) is 12.0. The van der Waals surface area contributed by atoms with Crippen LogP contribution in [0.5, 0.6) is 0 Å². The summed E-state index contributed by atoms with van der Waals surface area (Å²) in [6.45, 7) is 11.0. The quantitative estimate of drug-likeness (QED) is 0.161. The molecule has 0 N–H and O–H groups in total. The topological polar surface area (TPSA) is 42.1 Å². The molecule has 0 atom stereocenters. The van der Waals surface area contributed by atoms with Gasteiger partial charge in [0.25, 0.3) is 0 Å². The fourth-order valence-corrected chi connectivity index (χ4v) is 7.66. The molecule has 2 aromatic heterocycles. The Morgan fingerprint density at radius 1 is 0.473 bits per heavy atom. The van der Waals surface area contributed by atoms with Crippen molar-refractivity contribution in [2.24, 2.45) is 0 Å². The van der Waals surface area contributed by atoms with Crippen LogP contribution in [-0.4, -0.2) is 19.1 Å². The molecule has 0 fully saturated rings. The fourth-order valence-electron chi connectivity index (χ4n) is 7.66. The molecule has 1 aliphatic rings. The van der Waals surface area contributed by atoms with Gasteiger partial charge in [0.2, 0.25) is 11.9 Å². The number of nitrogens with zero attached hydrogens (tertiary/aromatic N) is 6. The van der Waals surface area contributed by atoms with E-state index in [1.54, 1.807) is 0 Å². The summed E-state index contributed by atoms with van der Waals surface area (Å²) in [7, 11) is 0. The van der Waals surface area contributed by atoms with E-state index in [4.69, 9.17) is 9.97 Å². The molecule has 0 spiro atoms. The Morgan fingerprint density at radius 2 is 0.909 bits per heavy atom. The van der Waals surface area contributed by atoms with Gasteiger partial charge in [0.15, 0.2) is 0 Å². The summed E-state index contributed by atoms with van der Waals surface area (Å²) in [5.41, 5.74) is 14.0. The number of rotatable bonds is 5. The number of fused-ring (bicyclic) bond motifs is 10. The summed E-state index contributed by atoms with van der Waals surface area (Å²) in [4.78, 5) is 15.5. The molecule has 55 heavy (non-hydrogen) atoms. The Kier molecular flexibility index (Phi) is 9.62. The number of anilines is 6. The van der Waals surface area contributed by atoms with Gasteiger partial charge >= 0.3 is 21.1 Å². The maximum Gasteiger partial charge on any atom is 2.00 e. The summed E-state index contributed by atoms with van der Waals surface area (Å²) in [5.74, 6) is 1.72. The van der Waals surface area contributed by atoms with Crippen molar-refractivity contribution in [1.29, 1.82) is 0 Å². The predicted molar refractivity (Wildman–Crippen MR) is 220 cm³/mol. The van der Waals surface area contributed by atoms with Gasteiger partial charge in [-0.3, -0.25) is 24.0 Å². The van der Waals surface area contributed by atoms with E-state index >= 15 is 0 Å². The van der Waals surface area contributed by atoms with Crippen molar-refractivity contribution in [3.05, 3.63) is 180 Å². The number of imidazole rings is 2. The predicted octanol–water partition coefficient (Wildman–Crippen LogP) is 12.3. The summed E-state index contributed by atoms with van der Waals surface area (Å²) in [6.07, 6.45) is 4.32. The third-order valence-electron chi connectivity index (χ3n) is 10.2. The largest absolute Gasteiger partial charge is 2.00 e. The molecule has 0 amide bonds. The SMILES string of the molecule is Cc1cccc(C)c1-n1cc2nc1N(c1ccccc1)c1nc(cn1-c1c(C)cccc1C(C)C)-c1[c-]c(ccc1)N(c1ccccc1)c1[c-]c-2ccc1.[Pt+2]. The van der Waals surface area contributed by atoms with Gasteiger partial charge < -0.3 is 4.90 Å². The summed E-state index contributed by atoms with van der Waals surface area (Å²) in [6, 6.07) is 54.0. The zero-order valence-corrected chi connectivity index (χ0v) is 33.7. The van der Waals surface area contributed by atoms with Crippen molar-refractivity contribution in [3.63, 3.8) is 0 Å². The number of hydrogen-bond acceptors (Lipinski definition) is 4. The van der Waals surface area contributed by atoms with E-state index in [0.717, 1.165) is 85.2 Å². The van der Waals surface area contributed by atoms with Crippen LogP contribution in [0.3, 0.4) is 0 Å². The molecule has 0 saturated heterocycles. The molecule has 6 aromatic carbocycles. The van der Waals surface area contributed by atoms with Crippen LogP contribution < -0.4 is 9.80 Å². The molecule has 0 aliphatic carbocycles. The molecule has 7 heteroatoms. The van der Waals surface area contributed by atoms with Crippen molar-refractivity contribution < 1.29 is 21.1 Å². The minimum absolute atomic E-state index is 0. The van der Waals surface area contributed by atoms with Gasteiger partial charge in [0, 0.05) is 17.1 Å². The Balaban J connectivity index is 0.00000427. The van der Waals surface area contributed by atoms with Gasteiger partial charge in [-0.2, -0.15) is 0 Å². The smallest absolute Gasteiger partial charge is 0.346 e. The van der Waals surface area contributed by atoms with E-state index in [-0.39, 0.29) is 27.0 Å². The summed E-state index contributed by atoms with van der Waals surface area (Å²) < 4.78 is 4.49. The van der Waals surface area contributed by atoms with Crippen molar-refractivity contribution in [3.8, 4) is 33.9 Å². The standard InChI is InChI=1S/C48H40N6.Pt/c1-32(2)42-27-13-18-35(5)46(42)52-31-44-37-20-15-26-41(29-37)53(38-21-8-6-9-22-38)40-25-14-19-36(28-40)43-30-51(45-33(3)16-12-17-34(45)4)47(49-43)54(48(52)50-44)39-23-10-7-11-24-39;/h6-27,30-32H,1-5H3;/q-2;+2. The van der Waals surface area contributed by atoms with E-state index in [9.17, 15) is 0 Å². The van der Waals surface area contributed by atoms with Gasteiger partial charge in [-0.25, -0.2) is 0 Å². The number of hydrogen-bond donors (Lipinski definition) is 0. The van der Waals surface area contributed by atoms with Crippen molar-refractivity contribution in [1.82, 2.24) is 19.1 Å². The van der Waals surface area contributed by atoms with E-state index < -0.39 is 0 Å². The molecule has 8 bridgehead atoms. The van der Waals surface area contributed by atoms with Crippen LogP contribution >= 0.6 is 0 Å². The molecule has 0 saturated carbocycles. The summed E-state index contributed by atoms with van der Waals surface area (Å²) >= 11 is 0. The molecule has 9 rings (SSSR count). The van der Waals surface area contributed by atoms with Crippen LogP contribution in [-0.2, 0) is 21.1 Å². The van der Waals surface area contributed by atoms with Crippen molar-refractivity contribution in [2.75, 3.05) is 9.80 Å². The molecule has 3 heterocycles. The zero-order chi connectivity index (χ0) is 36.9. The molecule has 8 aromatic rings. The fraction of sp³-hybridized carbons (Fsp3) is 0.125. The zero-order valence-electron chi connectivity index (χ0n) is 31.4. The van der Waals surface area contributed by atoms with Crippen LogP contribution in [0.1, 0.15) is 42.0 Å². The first-order valence-corrected chi connectivity index (χ1v) is 18.5. The average molecular weight is 896 g/mol. The number of benzene rings is 6. The molecule has 6 nitrogen and oxygen atoms in total. The van der Waals surface area contributed by atoms with Gasteiger partial charge in [-0.15, -0.1) is 59.7 Å². The minimum Gasteiger partial charge on any atom is -0.346 e. The van der Waals surface area contributed by atoms with Crippen molar-refractivity contribution in [2.45, 2.75) is 40.5 Å². The number of para-hydroxylation sites is 4. The first-order chi connectivity index (χ1) is 26.4. The van der Waals surface area contributed by atoms with Gasteiger partial charge in [0.05, 0.1) is 17.1 Å². The van der Waals surface area contributed by atoms with E-state index in [2.05, 4.69) is 199 Å². The monoisotopic (exact) mass is 895 g/mol. The van der Waals surface area contributed by atoms with E-state index in [0.29, 0.717) is 0 Å². The third kappa shape index (κ3) is 6.41. The maximum absolute atomic E-state index is 5.56. The molecule has 0 radical (unpaired) electrons. The van der Waals surface area contributed by atoms with E-state index in [1.165, 1.54) is 5.56 Å². The number of aryl methyl sites for hydroxylation is 3. The minimum atomic E-state index is 0. The maximum atomic E-state index is 5.56. The second kappa shape index (κ2) is 14.7. The Morgan fingerprint density at radius 3 is 1.42 bits per heavy atom. The summed E-state index contributed by atoms with van der Waals surface area (Å²) in [5, 5.41) is 0. The van der Waals surface area contributed by atoms with Crippen molar-refractivity contribution >= 4 is 34.6 Å². The van der Waals surface area contributed by atoms with Crippen LogP contribution in [0.25, 0.3) is 33.9 Å². The first-order valence-electron chi connectivity index (χ1n) is 18.5. The molecular weight excluding hydrogens is 856 g/mol.